The van der Waals surface area contributed by atoms with Crippen molar-refractivity contribution in [2.24, 2.45) is 4.99 Å². The maximum Gasteiger partial charge on any atom is 0.298 e. The highest BCUT2D eigenvalue weighted by molar-refractivity contribution is 7.07. The molecule has 1 fully saturated rings. The van der Waals surface area contributed by atoms with Gasteiger partial charge >= 0.3 is 0 Å². The molecule has 150 valence electrons. The lowest BCUT2D eigenvalue weighted by Crippen LogP contribution is -2.14. The van der Waals surface area contributed by atoms with E-state index in [9.17, 15) is 0 Å². The van der Waals surface area contributed by atoms with Crippen LogP contribution in [0.4, 0.5) is 5.69 Å². The molecule has 2 aromatic carbocycles. The number of aromatic nitrogens is 2. The molecule has 7 heteroatoms. The molecule has 0 unspecified atom stereocenters. The van der Waals surface area contributed by atoms with Crippen LogP contribution < -0.4 is 4.74 Å². The number of nitrogens with zero attached hydrogens (tertiary/aromatic N) is 4. The number of hydrogen-bond donors (Lipinski definition) is 0. The first kappa shape index (κ1) is 19.9. The fourth-order valence-corrected chi connectivity index (χ4v) is 3.97. The lowest BCUT2D eigenvalue weighted by atomic mass is 10.1. The molecule has 1 heterocycles. The third-order valence-electron chi connectivity index (χ3n) is 5.11. The first-order chi connectivity index (χ1) is 14.0. The standard InChI is InChI=1S/C22H23ClN4OS/c1-4-27(3)13-24-19-10-14(2)20(12-18(19)23)28-22-25-21(26-29-22)17-11-16(17)15-8-6-5-7-9-15/h5-10,12-13,16-17H,4,11H2,1-3H3/t16-,17+/m0/s1. The zero-order valence-corrected chi connectivity index (χ0v) is 18.2. The molecule has 0 spiro atoms. The highest BCUT2D eigenvalue weighted by Gasteiger charge is 2.42. The number of aryl methyl sites for hydroxylation is 1. The summed E-state index contributed by atoms with van der Waals surface area (Å²) in [7, 11) is 1.97. The Morgan fingerprint density at radius 3 is 2.83 bits per heavy atom. The minimum absolute atomic E-state index is 0.378. The normalized spacial score (nSPS) is 18.2. The minimum Gasteiger partial charge on any atom is -0.430 e. The van der Waals surface area contributed by atoms with Crippen LogP contribution in [-0.4, -0.2) is 34.2 Å². The van der Waals surface area contributed by atoms with E-state index in [4.69, 9.17) is 16.3 Å². The molecule has 0 aliphatic heterocycles. The van der Waals surface area contributed by atoms with Gasteiger partial charge in [-0.05, 0) is 43.4 Å². The maximum absolute atomic E-state index is 6.40. The Morgan fingerprint density at radius 2 is 2.07 bits per heavy atom. The Morgan fingerprint density at radius 1 is 1.28 bits per heavy atom. The summed E-state index contributed by atoms with van der Waals surface area (Å²) in [5.74, 6) is 2.43. The van der Waals surface area contributed by atoms with Crippen molar-refractivity contribution >= 4 is 35.2 Å². The number of ether oxygens (including phenoxy) is 1. The SMILES string of the molecule is CCN(C)C=Nc1cc(C)c(Oc2nc([C@@H]3C[C@H]3c3ccccc3)ns2)cc1Cl. The van der Waals surface area contributed by atoms with E-state index >= 15 is 0 Å². The summed E-state index contributed by atoms with van der Waals surface area (Å²) in [4.78, 5) is 11.0. The first-order valence-corrected chi connectivity index (χ1v) is 10.8. The Balaban J connectivity index is 1.45. The van der Waals surface area contributed by atoms with Gasteiger partial charge in [0.1, 0.15) is 11.6 Å². The van der Waals surface area contributed by atoms with Crippen LogP contribution in [0.1, 0.15) is 42.1 Å². The summed E-state index contributed by atoms with van der Waals surface area (Å²) >= 11 is 7.69. The molecule has 0 saturated heterocycles. The van der Waals surface area contributed by atoms with Crippen LogP contribution in [0, 0.1) is 6.92 Å². The smallest absolute Gasteiger partial charge is 0.298 e. The van der Waals surface area contributed by atoms with Crippen LogP contribution in [0.15, 0.2) is 47.5 Å². The zero-order chi connectivity index (χ0) is 20.4. The number of benzene rings is 2. The van der Waals surface area contributed by atoms with Crippen molar-refractivity contribution in [1.29, 1.82) is 0 Å². The Labute approximate surface area is 180 Å². The van der Waals surface area contributed by atoms with Gasteiger partial charge < -0.3 is 9.64 Å². The molecule has 4 rings (SSSR count). The van der Waals surface area contributed by atoms with Crippen LogP contribution in [0.3, 0.4) is 0 Å². The molecule has 1 saturated carbocycles. The molecule has 0 radical (unpaired) electrons. The van der Waals surface area contributed by atoms with Gasteiger partial charge in [-0.15, -0.1) is 0 Å². The third-order valence-corrected chi connectivity index (χ3v) is 6.02. The molecular formula is C22H23ClN4OS. The topological polar surface area (TPSA) is 50.6 Å². The van der Waals surface area contributed by atoms with Crippen LogP contribution in [0.5, 0.6) is 10.9 Å². The van der Waals surface area contributed by atoms with Crippen molar-refractivity contribution in [3.63, 3.8) is 0 Å². The van der Waals surface area contributed by atoms with E-state index in [1.807, 2.05) is 31.0 Å². The molecule has 1 aromatic heterocycles. The van der Waals surface area contributed by atoms with E-state index in [-0.39, 0.29) is 0 Å². The number of rotatable bonds is 7. The number of halogens is 1. The van der Waals surface area contributed by atoms with Gasteiger partial charge in [0.05, 0.1) is 17.0 Å². The highest BCUT2D eigenvalue weighted by Crippen LogP contribution is 2.54. The van der Waals surface area contributed by atoms with Gasteiger partial charge in [0.15, 0.2) is 0 Å². The van der Waals surface area contributed by atoms with Crippen molar-refractivity contribution in [2.75, 3.05) is 13.6 Å². The van der Waals surface area contributed by atoms with Gasteiger partial charge in [-0.25, -0.2) is 4.99 Å². The molecule has 3 aromatic rings. The van der Waals surface area contributed by atoms with Gasteiger partial charge in [0.25, 0.3) is 5.19 Å². The second kappa shape index (κ2) is 8.51. The van der Waals surface area contributed by atoms with Crippen molar-refractivity contribution in [2.45, 2.75) is 32.1 Å². The summed E-state index contributed by atoms with van der Waals surface area (Å²) in [6.07, 6.45) is 2.86. The Hall–Kier alpha value is -2.44. The molecule has 5 nitrogen and oxygen atoms in total. The Bertz CT molecular complexity index is 1020. The number of hydrogen-bond acceptors (Lipinski definition) is 5. The monoisotopic (exact) mass is 426 g/mol. The molecule has 1 aliphatic carbocycles. The van der Waals surface area contributed by atoms with Crippen LogP contribution >= 0.6 is 23.1 Å². The van der Waals surface area contributed by atoms with E-state index < -0.39 is 0 Å². The lowest BCUT2D eigenvalue weighted by Gasteiger charge is -2.10. The average molecular weight is 427 g/mol. The second-order valence-electron chi connectivity index (χ2n) is 7.27. The predicted octanol–water partition coefficient (Wildman–Crippen LogP) is 6.17. The van der Waals surface area contributed by atoms with Crippen LogP contribution in [0.2, 0.25) is 5.02 Å². The first-order valence-electron chi connectivity index (χ1n) is 9.66. The molecule has 0 N–H and O–H groups in total. The molecule has 0 bridgehead atoms. The third kappa shape index (κ3) is 4.60. The lowest BCUT2D eigenvalue weighted by molar-refractivity contribution is 0.473. The Kier molecular flexibility index (Phi) is 5.83. The summed E-state index contributed by atoms with van der Waals surface area (Å²) in [5.41, 5.74) is 3.02. The van der Waals surface area contributed by atoms with E-state index in [2.05, 4.69) is 45.5 Å². The van der Waals surface area contributed by atoms with E-state index in [1.54, 1.807) is 12.4 Å². The average Bonchev–Trinajstić information content (AvgIpc) is 3.41. The highest BCUT2D eigenvalue weighted by atomic mass is 35.5. The van der Waals surface area contributed by atoms with Gasteiger partial charge in [-0.1, -0.05) is 41.9 Å². The second-order valence-corrected chi connectivity index (χ2v) is 8.39. The van der Waals surface area contributed by atoms with Gasteiger partial charge in [-0.3, -0.25) is 0 Å². The maximum atomic E-state index is 6.40. The molecule has 1 aliphatic rings. The predicted molar refractivity (Wildman–Crippen MR) is 119 cm³/mol. The van der Waals surface area contributed by atoms with Crippen molar-refractivity contribution in [3.8, 4) is 10.9 Å². The summed E-state index contributed by atoms with van der Waals surface area (Å²) in [6.45, 7) is 4.92. The number of aliphatic imine (C=N–C) groups is 1. The molecule has 0 amide bonds. The quantitative estimate of drug-likeness (QED) is 0.334. The zero-order valence-electron chi connectivity index (χ0n) is 16.7. The van der Waals surface area contributed by atoms with E-state index in [0.717, 1.165) is 30.0 Å². The van der Waals surface area contributed by atoms with Crippen molar-refractivity contribution in [1.82, 2.24) is 14.3 Å². The molecule has 29 heavy (non-hydrogen) atoms. The largest absolute Gasteiger partial charge is 0.430 e. The van der Waals surface area contributed by atoms with Gasteiger partial charge in [0, 0.05) is 37.1 Å². The van der Waals surface area contributed by atoms with Crippen LogP contribution in [-0.2, 0) is 0 Å². The van der Waals surface area contributed by atoms with Gasteiger partial charge in [-0.2, -0.15) is 9.36 Å². The van der Waals surface area contributed by atoms with Crippen molar-refractivity contribution in [3.05, 3.63) is 64.4 Å². The minimum atomic E-state index is 0.378. The van der Waals surface area contributed by atoms with E-state index in [1.165, 1.54) is 17.1 Å². The van der Waals surface area contributed by atoms with Crippen molar-refractivity contribution < 1.29 is 4.74 Å². The van der Waals surface area contributed by atoms with Gasteiger partial charge in [0.2, 0.25) is 0 Å². The van der Waals surface area contributed by atoms with Crippen LogP contribution in [0.25, 0.3) is 0 Å². The summed E-state index contributed by atoms with van der Waals surface area (Å²) in [5, 5.41) is 1.09. The molecular weight excluding hydrogens is 404 g/mol. The summed E-state index contributed by atoms with van der Waals surface area (Å²) < 4.78 is 10.5. The fourth-order valence-electron chi connectivity index (χ4n) is 3.15. The fraction of sp³-hybridized carbons (Fsp3) is 0.318. The van der Waals surface area contributed by atoms with E-state index in [0.29, 0.717) is 27.8 Å². The molecule has 2 atom stereocenters. The summed E-state index contributed by atoms with van der Waals surface area (Å²) in [6, 6.07) is 14.2.